The fourth-order valence-electron chi connectivity index (χ4n) is 3.46. The van der Waals surface area contributed by atoms with Gasteiger partial charge in [-0.1, -0.05) is 45.6 Å². The van der Waals surface area contributed by atoms with Crippen molar-refractivity contribution in [3.63, 3.8) is 0 Å². The zero-order valence-corrected chi connectivity index (χ0v) is 13.9. The fourth-order valence-corrected chi connectivity index (χ4v) is 3.46. The Morgan fingerprint density at radius 2 is 1.90 bits per heavy atom. The molecule has 0 amide bonds. The molecule has 1 aliphatic rings. The van der Waals surface area contributed by atoms with Crippen molar-refractivity contribution >= 4 is 0 Å². The van der Waals surface area contributed by atoms with Gasteiger partial charge in [-0.3, -0.25) is 4.98 Å². The number of pyridine rings is 1. The van der Waals surface area contributed by atoms with Gasteiger partial charge in [0, 0.05) is 24.4 Å². The van der Waals surface area contributed by atoms with Gasteiger partial charge >= 0.3 is 0 Å². The number of rotatable bonds is 7. The van der Waals surface area contributed by atoms with Crippen molar-refractivity contribution in [2.75, 3.05) is 6.54 Å². The quantitative estimate of drug-likeness (QED) is 0.746. The van der Waals surface area contributed by atoms with E-state index in [1.165, 1.54) is 56.2 Å². The summed E-state index contributed by atoms with van der Waals surface area (Å²) < 4.78 is 0. The number of hydrogen-bond acceptors (Lipinski definition) is 2. The van der Waals surface area contributed by atoms with Gasteiger partial charge in [0.05, 0.1) is 0 Å². The number of hydrogen-bond donors (Lipinski definition) is 1. The van der Waals surface area contributed by atoms with Gasteiger partial charge in [-0.25, -0.2) is 0 Å². The lowest BCUT2D eigenvalue weighted by atomic mass is 9.88. The van der Waals surface area contributed by atoms with E-state index in [1.807, 2.05) is 0 Å². The summed E-state index contributed by atoms with van der Waals surface area (Å²) in [5.41, 5.74) is 2.59. The molecular weight excluding hydrogens is 256 g/mol. The van der Waals surface area contributed by atoms with Crippen LogP contribution in [0.4, 0.5) is 0 Å². The van der Waals surface area contributed by atoms with Crippen LogP contribution in [-0.2, 0) is 12.8 Å². The third kappa shape index (κ3) is 5.43. The Morgan fingerprint density at radius 3 is 2.48 bits per heavy atom. The van der Waals surface area contributed by atoms with E-state index in [1.54, 1.807) is 0 Å². The Balaban J connectivity index is 1.99. The zero-order valence-electron chi connectivity index (χ0n) is 13.9. The summed E-state index contributed by atoms with van der Waals surface area (Å²) in [7, 11) is 0. The monoisotopic (exact) mass is 288 g/mol. The Bertz CT molecular complexity index is 377. The van der Waals surface area contributed by atoms with E-state index in [4.69, 9.17) is 0 Å². The van der Waals surface area contributed by atoms with E-state index in [-0.39, 0.29) is 0 Å². The van der Waals surface area contributed by atoms with Crippen LogP contribution in [0.15, 0.2) is 18.3 Å². The number of nitrogens with zero attached hydrogens (tertiary/aromatic N) is 1. The Morgan fingerprint density at radius 1 is 1.14 bits per heavy atom. The molecule has 0 spiro atoms. The SMILES string of the molecule is CCCNC(Cc1ccc(CC)cn1)C1CCCCCC1. The van der Waals surface area contributed by atoms with Crippen LogP contribution in [-0.4, -0.2) is 17.6 Å². The molecule has 1 unspecified atom stereocenters. The third-order valence-corrected chi connectivity index (χ3v) is 4.85. The summed E-state index contributed by atoms with van der Waals surface area (Å²) in [5, 5.41) is 3.80. The second-order valence-corrected chi connectivity index (χ2v) is 6.53. The Labute approximate surface area is 130 Å². The van der Waals surface area contributed by atoms with Crippen molar-refractivity contribution in [2.24, 2.45) is 5.92 Å². The van der Waals surface area contributed by atoms with Crippen LogP contribution in [0.2, 0.25) is 0 Å². The van der Waals surface area contributed by atoms with Gasteiger partial charge in [0.2, 0.25) is 0 Å². The third-order valence-electron chi connectivity index (χ3n) is 4.85. The standard InChI is InChI=1S/C19H32N2/c1-3-13-20-19(17-9-7-5-6-8-10-17)14-18-12-11-16(4-2)15-21-18/h11-12,15,17,19-20H,3-10,13-14H2,1-2H3. The highest BCUT2D eigenvalue weighted by molar-refractivity contribution is 5.15. The first-order valence-corrected chi connectivity index (χ1v) is 9.00. The van der Waals surface area contributed by atoms with Crippen molar-refractivity contribution in [1.82, 2.24) is 10.3 Å². The summed E-state index contributed by atoms with van der Waals surface area (Å²) in [6.07, 6.45) is 13.9. The fraction of sp³-hybridized carbons (Fsp3) is 0.737. The van der Waals surface area contributed by atoms with Crippen LogP contribution in [0.5, 0.6) is 0 Å². The minimum absolute atomic E-state index is 0.614. The zero-order chi connectivity index (χ0) is 14.9. The second-order valence-electron chi connectivity index (χ2n) is 6.53. The molecular formula is C19H32N2. The van der Waals surface area contributed by atoms with Crippen molar-refractivity contribution in [1.29, 1.82) is 0 Å². The molecule has 21 heavy (non-hydrogen) atoms. The molecule has 118 valence electrons. The normalized spacial score (nSPS) is 18.4. The maximum atomic E-state index is 4.68. The highest BCUT2D eigenvalue weighted by Crippen LogP contribution is 2.27. The van der Waals surface area contributed by atoms with Crippen LogP contribution < -0.4 is 5.32 Å². The maximum absolute atomic E-state index is 4.68. The molecule has 0 radical (unpaired) electrons. The summed E-state index contributed by atoms with van der Waals surface area (Å²) in [4.78, 5) is 4.68. The summed E-state index contributed by atoms with van der Waals surface area (Å²) in [6, 6.07) is 5.09. The minimum Gasteiger partial charge on any atom is -0.313 e. The van der Waals surface area contributed by atoms with Gasteiger partial charge in [-0.2, -0.15) is 0 Å². The molecule has 1 aromatic rings. The van der Waals surface area contributed by atoms with Gasteiger partial charge in [0.25, 0.3) is 0 Å². The van der Waals surface area contributed by atoms with Gasteiger partial charge in [-0.15, -0.1) is 0 Å². The first kappa shape index (κ1) is 16.5. The minimum atomic E-state index is 0.614. The molecule has 2 rings (SSSR count). The predicted octanol–water partition coefficient (Wildman–Crippen LogP) is 4.53. The van der Waals surface area contributed by atoms with Crippen molar-refractivity contribution < 1.29 is 0 Å². The van der Waals surface area contributed by atoms with E-state index in [9.17, 15) is 0 Å². The van der Waals surface area contributed by atoms with Gasteiger partial charge in [0.15, 0.2) is 0 Å². The topological polar surface area (TPSA) is 24.9 Å². The molecule has 0 aromatic carbocycles. The van der Waals surface area contributed by atoms with Gasteiger partial charge in [-0.05, 0) is 49.8 Å². The molecule has 2 nitrogen and oxygen atoms in total. The largest absolute Gasteiger partial charge is 0.313 e. The van der Waals surface area contributed by atoms with E-state index >= 15 is 0 Å². The second kappa shape index (κ2) is 9.19. The van der Waals surface area contributed by atoms with E-state index in [2.05, 4.69) is 42.5 Å². The average molecular weight is 288 g/mol. The highest BCUT2D eigenvalue weighted by atomic mass is 14.9. The van der Waals surface area contributed by atoms with Crippen molar-refractivity contribution in [2.45, 2.75) is 77.7 Å². The van der Waals surface area contributed by atoms with E-state index in [0.29, 0.717) is 6.04 Å². The maximum Gasteiger partial charge on any atom is 0.0419 e. The van der Waals surface area contributed by atoms with Gasteiger partial charge in [0.1, 0.15) is 0 Å². The smallest absolute Gasteiger partial charge is 0.0419 e. The van der Waals surface area contributed by atoms with Gasteiger partial charge < -0.3 is 5.32 Å². The summed E-state index contributed by atoms with van der Waals surface area (Å²) in [5.74, 6) is 0.840. The first-order chi connectivity index (χ1) is 10.3. The Hall–Kier alpha value is -0.890. The highest BCUT2D eigenvalue weighted by Gasteiger charge is 2.22. The molecule has 1 saturated carbocycles. The number of aryl methyl sites for hydroxylation is 1. The molecule has 1 heterocycles. The number of aromatic nitrogens is 1. The first-order valence-electron chi connectivity index (χ1n) is 9.00. The number of nitrogens with one attached hydrogen (secondary N) is 1. The molecule has 1 N–H and O–H groups in total. The summed E-state index contributed by atoms with van der Waals surface area (Å²) in [6.45, 7) is 5.58. The lowest BCUT2D eigenvalue weighted by Crippen LogP contribution is -2.38. The van der Waals surface area contributed by atoms with E-state index in [0.717, 1.165) is 25.3 Å². The van der Waals surface area contributed by atoms with Crippen LogP contribution in [0.25, 0.3) is 0 Å². The van der Waals surface area contributed by atoms with Crippen LogP contribution in [0.1, 0.15) is 70.1 Å². The molecule has 1 aromatic heterocycles. The van der Waals surface area contributed by atoms with E-state index < -0.39 is 0 Å². The van der Waals surface area contributed by atoms with Crippen LogP contribution in [0.3, 0.4) is 0 Å². The average Bonchev–Trinajstić information content (AvgIpc) is 2.81. The van der Waals surface area contributed by atoms with Crippen LogP contribution >= 0.6 is 0 Å². The lowest BCUT2D eigenvalue weighted by molar-refractivity contribution is 0.316. The molecule has 1 aliphatic carbocycles. The molecule has 0 bridgehead atoms. The summed E-state index contributed by atoms with van der Waals surface area (Å²) >= 11 is 0. The lowest BCUT2D eigenvalue weighted by Gasteiger charge is -2.27. The molecule has 0 aliphatic heterocycles. The molecule has 2 heteroatoms. The van der Waals surface area contributed by atoms with Crippen LogP contribution in [0, 0.1) is 5.92 Å². The van der Waals surface area contributed by atoms with Crippen molar-refractivity contribution in [3.05, 3.63) is 29.6 Å². The predicted molar refractivity (Wildman–Crippen MR) is 90.6 cm³/mol. The molecule has 1 atom stereocenters. The molecule has 0 saturated heterocycles. The Kier molecular flexibility index (Phi) is 7.21. The molecule has 1 fully saturated rings. The van der Waals surface area contributed by atoms with Crippen molar-refractivity contribution in [3.8, 4) is 0 Å².